The summed E-state index contributed by atoms with van der Waals surface area (Å²) in [5.74, 6) is 1.18. The maximum absolute atomic E-state index is 9.22. The van der Waals surface area contributed by atoms with Gasteiger partial charge >= 0.3 is 0 Å². The smallest absolute Gasteiger partial charge is 0.115 e. The van der Waals surface area contributed by atoms with E-state index in [1.807, 2.05) is 12.1 Å². The fourth-order valence-electron chi connectivity index (χ4n) is 1.52. The van der Waals surface area contributed by atoms with Crippen LogP contribution in [0.15, 0.2) is 24.3 Å². The Bertz CT molecular complexity index is 298. The minimum absolute atomic E-state index is 0.350. The molecule has 0 aromatic heterocycles. The monoisotopic (exact) mass is 177 g/mol. The van der Waals surface area contributed by atoms with Crippen molar-refractivity contribution >= 4 is 0 Å². The lowest BCUT2D eigenvalue weighted by Crippen LogP contribution is -2.16. The minimum atomic E-state index is 0.350. The summed E-state index contributed by atoms with van der Waals surface area (Å²) in [6.45, 7) is 3.11. The zero-order valence-corrected chi connectivity index (χ0v) is 7.83. The van der Waals surface area contributed by atoms with Crippen LogP contribution in [0.1, 0.15) is 18.9 Å². The molecule has 2 atom stereocenters. The molecule has 0 amide bonds. The highest BCUT2D eigenvalue weighted by Crippen LogP contribution is 2.29. The Morgan fingerprint density at radius 3 is 2.92 bits per heavy atom. The Labute approximate surface area is 78.6 Å². The number of hydrogen-bond donors (Lipinski definition) is 2. The lowest BCUT2D eigenvalue weighted by molar-refractivity contribution is 0.474. The zero-order chi connectivity index (χ0) is 9.26. The molecule has 0 unspecified atom stereocenters. The van der Waals surface area contributed by atoms with Crippen LogP contribution in [0.4, 0.5) is 0 Å². The number of hydrogen-bond acceptors (Lipinski definition) is 2. The van der Waals surface area contributed by atoms with Gasteiger partial charge in [-0.1, -0.05) is 19.1 Å². The Balaban J connectivity index is 1.87. The van der Waals surface area contributed by atoms with Crippen molar-refractivity contribution in [1.29, 1.82) is 0 Å². The van der Waals surface area contributed by atoms with E-state index in [0.717, 1.165) is 18.0 Å². The first-order valence-electron chi connectivity index (χ1n) is 4.77. The third-order valence-electron chi connectivity index (χ3n) is 2.59. The molecule has 0 saturated heterocycles. The van der Waals surface area contributed by atoms with Crippen LogP contribution in [0.2, 0.25) is 0 Å². The summed E-state index contributed by atoms with van der Waals surface area (Å²) in [6, 6.07) is 8.11. The summed E-state index contributed by atoms with van der Waals surface area (Å²) >= 11 is 0. The highest BCUT2D eigenvalue weighted by molar-refractivity contribution is 5.27. The number of benzene rings is 1. The molecule has 0 aliphatic heterocycles. The van der Waals surface area contributed by atoms with Gasteiger partial charge < -0.3 is 10.4 Å². The normalized spacial score (nSPS) is 25.9. The summed E-state index contributed by atoms with van der Waals surface area (Å²) in [7, 11) is 0. The number of aromatic hydroxyl groups is 1. The molecule has 70 valence electrons. The van der Waals surface area contributed by atoms with Crippen molar-refractivity contribution in [3.63, 3.8) is 0 Å². The van der Waals surface area contributed by atoms with Gasteiger partial charge in [-0.15, -0.1) is 0 Å². The molecule has 1 aliphatic rings. The van der Waals surface area contributed by atoms with Crippen molar-refractivity contribution in [1.82, 2.24) is 5.32 Å². The van der Waals surface area contributed by atoms with Gasteiger partial charge in [0.2, 0.25) is 0 Å². The van der Waals surface area contributed by atoms with Gasteiger partial charge in [0.25, 0.3) is 0 Å². The minimum Gasteiger partial charge on any atom is -0.508 e. The number of nitrogens with one attached hydrogen (secondary N) is 1. The van der Waals surface area contributed by atoms with Crippen LogP contribution in [-0.2, 0) is 6.54 Å². The van der Waals surface area contributed by atoms with E-state index in [4.69, 9.17) is 0 Å². The molecule has 2 N–H and O–H groups in total. The molecule has 0 heterocycles. The van der Waals surface area contributed by atoms with E-state index in [0.29, 0.717) is 11.8 Å². The fourth-order valence-corrected chi connectivity index (χ4v) is 1.52. The van der Waals surface area contributed by atoms with E-state index >= 15 is 0 Å². The second-order valence-corrected chi connectivity index (χ2v) is 3.87. The van der Waals surface area contributed by atoms with Gasteiger partial charge in [0.05, 0.1) is 0 Å². The molecule has 1 aliphatic carbocycles. The maximum Gasteiger partial charge on any atom is 0.115 e. The van der Waals surface area contributed by atoms with E-state index in [1.165, 1.54) is 6.42 Å². The molecule has 2 rings (SSSR count). The van der Waals surface area contributed by atoms with Crippen LogP contribution in [0.3, 0.4) is 0 Å². The first kappa shape index (κ1) is 8.57. The summed E-state index contributed by atoms with van der Waals surface area (Å²) in [5, 5.41) is 12.7. The highest BCUT2D eigenvalue weighted by atomic mass is 16.3. The number of rotatable bonds is 3. The molecular weight excluding hydrogens is 162 g/mol. The fraction of sp³-hybridized carbons (Fsp3) is 0.455. The zero-order valence-electron chi connectivity index (χ0n) is 7.83. The molecule has 1 fully saturated rings. The van der Waals surface area contributed by atoms with Gasteiger partial charge in [-0.05, 0) is 30.0 Å². The molecular formula is C11H15NO. The van der Waals surface area contributed by atoms with Gasteiger partial charge in [0.15, 0.2) is 0 Å². The van der Waals surface area contributed by atoms with Crippen molar-refractivity contribution < 1.29 is 5.11 Å². The predicted octanol–water partition coefficient (Wildman–Crippen LogP) is 1.89. The molecule has 1 aromatic rings. The first-order chi connectivity index (χ1) is 6.25. The van der Waals surface area contributed by atoms with E-state index in [1.54, 1.807) is 12.1 Å². The standard InChI is InChI=1S/C11H15NO/c1-8-5-11(8)12-7-9-3-2-4-10(13)6-9/h2-4,6,8,11-13H,5,7H2,1H3/t8-,11-/m1/s1. The van der Waals surface area contributed by atoms with Crippen LogP contribution in [0.5, 0.6) is 5.75 Å². The molecule has 2 heteroatoms. The number of phenols is 1. The Morgan fingerprint density at radius 2 is 2.31 bits per heavy atom. The van der Waals surface area contributed by atoms with Crippen molar-refractivity contribution in [3.05, 3.63) is 29.8 Å². The third kappa shape index (κ3) is 2.22. The maximum atomic E-state index is 9.22. The Morgan fingerprint density at radius 1 is 1.54 bits per heavy atom. The van der Waals surface area contributed by atoms with Gasteiger partial charge in [0.1, 0.15) is 5.75 Å². The van der Waals surface area contributed by atoms with E-state index in [9.17, 15) is 5.11 Å². The largest absolute Gasteiger partial charge is 0.508 e. The van der Waals surface area contributed by atoms with Crippen molar-refractivity contribution in [2.45, 2.75) is 25.9 Å². The molecule has 0 bridgehead atoms. The van der Waals surface area contributed by atoms with Gasteiger partial charge in [0, 0.05) is 12.6 Å². The van der Waals surface area contributed by atoms with Crippen LogP contribution in [0, 0.1) is 5.92 Å². The molecule has 0 spiro atoms. The lowest BCUT2D eigenvalue weighted by atomic mass is 10.2. The van der Waals surface area contributed by atoms with Gasteiger partial charge in [-0.3, -0.25) is 0 Å². The SMILES string of the molecule is C[C@@H]1C[C@H]1NCc1cccc(O)c1. The van der Waals surface area contributed by atoms with E-state index < -0.39 is 0 Å². The van der Waals surface area contributed by atoms with E-state index in [-0.39, 0.29) is 0 Å². The van der Waals surface area contributed by atoms with Crippen molar-refractivity contribution in [2.24, 2.45) is 5.92 Å². The quantitative estimate of drug-likeness (QED) is 0.739. The predicted molar refractivity (Wildman–Crippen MR) is 52.5 cm³/mol. The first-order valence-corrected chi connectivity index (χ1v) is 4.77. The van der Waals surface area contributed by atoms with Crippen molar-refractivity contribution in [2.75, 3.05) is 0 Å². The Kier molecular flexibility index (Phi) is 2.23. The second kappa shape index (κ2) is 3.38. The van der Waals surface area contributed by atoms with Crippen LogP contribution in [-0.4, -0.2) is 11.1 Å². The average molecular weight is 177 g/mol. The summed E-state index contributed by atoms with van der Waals surface area (Å²) in [6.07, 6.45) is 1.29. The summed E-state index contributed by atoms with van der Waals surface area (Å²) < 4.78 is 0. The van der Waals surface area contributed by atoms with Crippen LogP contribution in [0.25, 0.3) is 0 Å². The van der Waals surface area contributed by atoms with E-state index in [2.05, 4.69) is 12.2 Å². The average Bonchev–Trinajstić information content (AvgIpc) is 2.79. The summed E-state index contributed by atoms with van der Waals surface area (Å²) in [4.78, 5) is 0. The highest BCUT2D eigenvalue weighted by Gasteiger charge is 2.31. The third-order valence-corrected chi connectivity index (χ3v) is 2.59. The molecule has 1 aromatic carbocycles. The molecule has 2 nitrogen and oxygen atoms in total. The molecule has 1 saturated carbocycles. The van der Waals surface area contributed by atoms with Crippen molar-refractivity contribution in [3.8, 4) is 5.75 Å². The lowest BCUT2D eigenvalue weighted by Gasteiger charge is -2.03. The second-order valence-electron chi connectivity index (χ2n) is 3.87. The van der Waals surface area contributed by atoms with Gasteiger partial charge in [-0.25, -0.2) is 0 Å². The number of phenolic OH excluding ortho intramolecular Hbond substituents is 1. The van der Waals surface area contributed by atoms with Crippen LogP contribution >= 0.6 is 0 Å². The Hall–Kier alpha value is -1.02. The van der Waals surface area contributed by atoms with Gasteiger partial charge in [-0.2, -0.15) is 0 Å². The summed E-state index contributed by atoms with van der Waals surface area (Å²) in [5.41, 5.74) is 1.15. The topological polar surface area (TPSA) is 32.3 Å². The molecule has 13 heavy (non-hydrogen) atoms. The van der Waals surface area contributed by atoms with Crippen LogP contribution < -0.4 is 5.32 Å². The molecule has 0 radical (unpaired) electrons.